The summed E-state index contributed by atoms with van der Waals surface area (Å²) in [6, 6.07) is 11.7. The molecule has 0 saturated carbocycles. The maximum absolute atomic E-state index is 4.68. The van der Waals surface area contributed by atoms with Crippen LogP contribution in [0.3, 0.4) is 0 Å². The van der Waals surface area contributed by atoms with Gasteiger partial charge in [-0.1, -0.05) is 12.1 Å². The van der Waals surface area contributed by atoms with Gasteiger partial charge in [0, 0.05) is 49.3 Å². The van der Waals surface area contributed by atoms with Crippen molar-refractivity contribution in [2.45, 2.75) is 44.7 Å². The molecular formula is C24H37IN6S. The van der Waals surface area contributed by atoms with Crippen LogP contribution < -0.4 is 15.5 Å². The number of rotatable bonds is 5. The summed E-state index contributed by atoms with van der Waals surface area (Å²) in [6.45, 7) is 6.25. The number of nitrogens with one attached hydrogen (secondary N) is 2. The molecule has 0 bridgehead atoms. The first-order valence-electron chi connectivity index (χ1n) is 11.5. The van der Waals surface area contributed by atoms with E-state index in [9.17, 15) is 0 Å². The summed E-state index contributed by atoms with van der Waals surface area (Å²) < 4.78 is 0. The number of aromatic nitrogens is 1. The van der Waals surface area contributed by atoms with Gasteiger partial charge in [-0.15, -0.1) is 35.3 Å². The van der Waals surface area contributed by atoms with Gasteiger partial charge in [0.05, 0.1) is 0 Å². The molecule has 176 valence electrons. The van der Waals surface area contributed by atoms with E-state index < -0.39 is 0 Å². The first-order chi connectivity index (χ1) is 15.1. The molecule has 2 aromatic rings. The molecule has 2 fully saturated rings. The van der Waals surface area contributed by atoms with Crippen LogP contribution in [0.2, 0.25) is 0 Å². The van der Waals surface area contributed by atoms with Crippen LogP contribution in [0.25, 0.3) is 0 Å². The number of pyridine rings is 1. The highest BCUT2D eigenvalue weighted by Crippen LogP contribution is 2.36. The molecule has 2 aliphatic heterocycles. The minimum absolute atomic E-state index is 0. The van der Waals surface area contributed by atoms with Crippen LogP contribution in [0.15, 0.2) is 40.7 Å². The summed E-state index contributed by atoms with van der Waals surface area (Å²) in [5, 5.41) is 9.51. The highest BCUT2D eigenvalue weighted by Gasteiger charge is 2.31. The molecule has 8 heteroatoms. The Labute approximate surface area is 213 Å². The second kappa shape index (κ2) is 12.2. The minimum atomic E-state index is 0. The lowest BCUT2D eigenvalue weighted by atomic mass is 9.88. The number of aliphatic imine (C=N–C) groups is 1. The third-order valence-electron chi connectivity index (χ3n) is 6.63. The molecule has 2 N–H and O–H groups in total. The van der Waals surface area contributed by atoms with E-state index in [2.05, 4.69) is 80.1 Å². The summed E-state index contributed by atoms with van der Waals surface area (Å²) in [6.07, 6.45) is 4.72. The second-order valence-electron chi connectivity index (χ2n) is 8.84. The van der Waals surface area contributed by atoms with E-state index in [1.165, 1.54) is 24.3 Å². The van der Waals surface area contributed by atoms with Gasteiger partial charge in [0.15, 0.2) is 5.96 Å². The number of aryl methyl sites for hydroxylation is 1. The number of piperidine rings is 2. The van der Waals surface area contributed by atoms with Crippen molar-refractivity contribution in [1.29, 1.82) is 0 Å². The van der Waals surface area contributed by atoms with Gasteiger partial charge in [-0.2, -0.15) is 0 Å². The Hall–Kier alpha value is -1.39. The molecule has 32 heavy (non-hydrogen) atoms. The molecule has 6 nitrogen and oxygen atoms in total. The van der Waals surface area contributed by atoms with Crippen LogP contribution >= 0.6 is 35.3 Å². The van der Waals surface area contributed by atoms with E-state index in [1.807, 2.05) is 18.4 Å². The molecule has 2 aliphatic rings. The number of hydrogen-bond donors (Lipinski definition) is 2. The van der Waals surface area contributed by atoms with Crippen molar-refractivity contribution in [2.24, 2.45) is 10.9 Å². The van der Waals surface area contributed by atoms with E-state index in [4.69, 9.17) is 0 Å². The Kier molecular flexibility index (Phi) is 9.61. The lowest BCUT2D eigenvalue weighted by Crippen LogP contribution is -2.50. The van der Waals surface area contributed by atoms with Gasteiger partial charge >= 0.3 is 0 Å². The molecule has 0 spiro atoms. The predicted octanol–water partition coefficient (Wildman–Crippen LogP) is 4.29. The number of anilines is 1. The van der Waals surface area contributed by atoms with E-state index in [-0.39, 0.29) is 24.0 Å². The number of hydrogen-bond acceptors (Lipinski definition) is 5. The first-order valence-corrected chi connectivity index (χ1v) is 12.4. The molecule has 2 atom stereocenters. The van der Waals surface area contributed by atoms with E-state index >= 15 is 0 Å². The van der Waals surface area contributed by atoms with Gasteiger partial charge in [0.2, 0.25) is 0 Å². The molecule has 0 radical (unpaired) electrons. The highest BCUT2D eigenvalue weighted by atomic mass is 127. The standard InChI is InChI=1S/C24H36N6S.HI/c1-18-7-4-10-22(27-18)30-14-11-20(12-15-30)28-24(25-2)26-17-19-8-5-13-29(3)23(19)21-9-6-16-31-21;/h4,6-7,9-10,16,19-20,23H,5,8,11-15,17H2,1-3H3,(H2,25,26,28);1H. The van der Waals surface area contributed by atoms with Crippen LogP contribution in [-0.2, 0) is 0 Å². The highest BCUT2D eigenvalue weighted by molar-refractivity contribution is 14.0. The van der Waals surface area contributed by atoms with E-state index in [0.717, 1.165) is 49.9 Å². The predicted molar refractivity (Wildman–Crippen MR) is 147 cm³/mol. The zero-order chi connectivity index (χ0) is 21.6. The zero-order valence-electron chi connectivity index (χ0n) is 19.5. The van der Waals surface area contributed by atoms with Crippen LogP contribution in [0.1, 0.15) is 42.3 Å². The van der Waals surface area contributed by atoms with E-state index in [1.54, 1.807) is 0 Å². The summed E-state index contributed by atoms with van der Waals surface area (Å²) in [7, 11) is 4.14. The smallest absolute Gasteiger partial charge is 0.191 e. The Morgan fingerprint density at radius 3 is 2.66 bits per heavy atom. The minimum Gasteiger partial charge on any atom is -0.356 e. The van der Waals surface area contributed by atoms with Gasteiger partial charge in [-0.05, 0) is 75.7 Å². The van der Waals surface area contributed by atoms with Crippen LogP contribution in [0.5, 0.6) is 0 Å². The van der Waals surface area contributed by atoms with Gasteiger partial charge < -0.3 is 15.5 Å². The van der Waals surface area contributed by atoms with Gasteiger partial charge in [-0.3, -0.25) is 9.89 Å². The Morgan fingerprint density at radius 1 is 1.16 bits per heavy atom. The molecule has 0 amide bonds. The third kappa shape index (κ3) is 6.35. The first kappa shape index (κ1) is 25.2. The van der Waals surface area contributed by atoms with Gasteiger partial charge in [0.25, 0.3) is 0 Å². The molecule has 2 unspecified atom stereocenters. The maximum atomic E-state index is 4.68. The van der Waals surface area contributed by atoms with Crippen molar-refractivity contribution in [3.8, 4) is 0 Å². The molecule has 2 saturated heterocycles. The molecule has 4 heterocycles. The summed E-state index contributed by atoms with van der Waals surface area (Å²) in [5.74, 6) is 2.64. The lowest BCUT2D eigenvalue weighted by Gasteiger charge is -2.39. The fourth-order valence-corrected chi connectivity index (χ4v) is 5.94. The van der Waals surface area contributed by atoms with Crippen LogP contribution in [0.4, 0.5) is 5.82 Å². The average molecular weight is 569 g/mol. The Balaban J connectivity index is 0.00000289. The number of likely N-dealkylation sites (tertiary alicyclic amines) is 1. The average Bonchev–Trinajstić information content (AvgIpc) is 3.31. The summed E-state index contributed by atoms with van der Waals surface area (Å²) >= 11 is 1.88. The molecule has 2 aromatic heterocycles. The Morgan fingerprint density at radius 2 is 1.97 bits per heavy atom. The van der Waals surface area contributed by atoms with Crippen molar-refractivity contribution in [3.63, 3.8) is 0 Å². The maximum Gasteiger partial charge on any atom is 0.191 e. The van der Waals surface area contributed by atoms with Gasteiger partial charge in [0.1, 0.15) is 5.82 Å². The summed E-state index contributed by atoms with van der Waals surface area (Å²) in [4.78, 5) is 15.6. The van der Waals surface area contributed by atoms with Gasteiger partial charge in [-0.25, -0.2) is 4.98 Å². The van der Waals surface area contributed by atoms with Crippen molar-refractivity contribution in [3.05, 3.63) is 46.3 Å². The molecular weight excluding hydrogens is 531 g/mol. The quantitative estimate of drug-likeness (QED) is 0.321. The topological polar surface area (TPSA) is 55.8 Å². The Bertz CT molecular complexity index is 850. The SMILES string of the molecule is CN=C(NCC1CCCN(C)C1c1cccs1)NC1CCN(c2cccc(C)n2)CC1.I. The molecule has 0 aliphatic carbocycles. The van der Waals surface area contributed by atoms with E-state index in [0.29, 0.717) is 18.0 Å². The molecule has 4 rings (SSSR count). The third-order valence-corrected chi connectivity index (χ3v) is 7.57. The number of halogens is 1. The normalized spacial score (nSPS) is 23.0. The largest absolute Gasteiger partial charge is 0.356 e. The van der Waals surface area contributed by atoms with Crippen molar-refractivity contribution in [2.75, 3.05) is 45.2 Å². The van der Waals surface area contributed by atoms with Crippen molar-refractivity contribution >= 4 is 47.1 Å². The monoisotopic (exact) mass is 568 g/mol. The van der Waals surface area contributed by atoms with Crippen molar-refractivity contribution in [1.82, 2.24) is 20.5 Å². The zero-order valence-corrected chi connectivity index (χ0v) is 22.6. The van der Waals surface area contributed by atoms with Crippen molar-refractivity contribution < 1.29 is 0 Å². The fourth-order valence-electron chi connectivity index (χ4n) is 4.96. The van der Waals surface area contributed by atoms with Crippen LogP contribution in [-0.4, -0.2) is 62.2 Å². The lowest BCUT2D eigenvalue weighted by molar-refractivity contribution is 0.125. The fraction of sp³-hybridized carbons (Fsp3) is 0.583. The second-order valence-corrected chi connectivity index (χ2v) is 9.82. The summed E-state index contributed by atoms with van der Waals surface area (Å²) in [5.41, 5.74) is 1.08. The number of thiophene rings is 1. The van der Waals surface area contributed by atoms with Crippen LogP contribution in [0, 0.1) is 12.8 Å². The number of guanidine groups is 1. The molecule has 0 aromatic carbocycles. The number of nitrogens with zero attached hydrogens (tertiary/aromatic N) is 4.